The predicted octanol–water partition coefficient (Wildman–Crippen LogP) is 3.81. The highest BCUT2D eigenvalue weighted by Gasteiger charge is 2.12. The maximum atomic E-state index is 12.0. The van der Waals surface area contributed by atoms with Crippen LogP contribution in [-0.2, 0) is 16.2 Å². The number of aryl methyl sites for hydroxylation is 1. The molecule has 2 heterocycles. The second kappa shape index (κ2) is 7.60. The van der Waals surface area contributed by atoms with Crippen LogP contribution >= 0.6 is 27.3 Å². The van der Waals surface area contributed by atoms with Crippen LogP contribution in [0.25, 0.3) is 0 Å². The predicted molar refractivity (Wildman–Crippen MR) is 90.1 cm³/mol. The minimum absolute atomic E-state index is 0.0971. The number of hydrogen-bond acceptors (Lipinski definition) is 5. The quantitative estimate of drug-likeness (QED) is 0.561. The van der Waals surface area contributed by atoms with Gasteiger partial charge in [0, 0.05) is 7.05 Å². The van der Waals surface area contributed by atoms with Crippen molar-refractivity contribution >= 4 is 38.9 Å². The molecule has 0 aromatic carbocycles. The first-order chi connectivity index (χ1) is 10.5. The van der Waals surface area contributed by atoms with Crippen molar-refractivity contribution in [1.29, 1.82) is 0 Å². The van der Waals surface area contributed by atoms with Gasteiger partial charge in [0.2, 0.25) is 0 Å². The molecule has 1 amide bonds. The van der Waals surface area contributed by atoms with Crippen molar-refractivity contribution in [2.24, 2.45) is 5.16 Å². The van der Waals surface area contributed by atoms with Gasteiger partial charge in [-0.1, -0.05) is 5.16 Å². The Morgan fingerprint density at radius 2 is 2.18 bits per heavy atom. The summed E-state index contributed by atoms with van der Waals surface area (Å²) in [6.07, 6.45) is 0. The number of halogens is 1. The van der Waals surface area contributed by atoms with Crippen LogP contribution in [0.1, 0.15) is 23.3 Å². The molecule has 0 unspecified atom stereocenters. The highest BCUT2D eigenvalue weighted by molar-refractivity contribution is 9.11. The summed E-state index contributed by atoms with van der Waals surface area (Å²) in [6, 6.07) is 7.63. The first-order valence-corrected chi connectivity index (χ1v) is 8.28. The van der Waals surface area contributed by atoms with Crippen LogP contribution in [0.15, 0.2) is 37.6 Å². The average molecular weight is 385 g/mol. The van der Waals surface area contributed by atoms with Crippen molar-refractivity contribution in [3.05, 3.63) is 44.4 Å². The summed E-state index contributed by atoms with van der Waals surface area (Å²) in [5, 5.41) is 3.98. The van der Waals surface area contributed by atoms with Crippen LogP contribution in [-0.4, -0.2) is 30.2 Å². The van der Waals surface area contributed by atoms with Crippen molar-refractivity contribution in [2.45, 2.75) is 20.4 Å². The van der Waals surface area contributed by atoms with E-state index in [0.717, 1.165) is 25.9 Å². The number of carbonyl (C=O) groups is 1. The molecule has 0 bridgehead atoms. The van der Waals surface area contributed by atoms with E-state index in [1.807, 2.05) is 38.1 Å². The molecule has 5 nitrogen and oxygen atoms in total. The molecule has 0 atom stereocenters. The molecule has 118 valence electrons. The van der Waals surface area contributed by atoms with Gasteiger partial charge in [-0.2, -0.15) is 0 Å². The molecule has 0 N–H and O–H groups in total. The van der Waals surface area contributed by atoms with E-state index < -0.39 is 0 Å². The summed E-state index contributed by atoms with van der Waals surface area (Å²) < 4.78 is 6.47. The molecule has 0 spiro atoms. The molecule has 0 saturated heterocycles. The van der Waals surface area contributed by atoms with Crippen LogP contribution in [0.2, 0.25) is 0 Å². The second-order valence-electron chi connectivity index (χ2n) is 4.82. The van der Waals surface area contributed by atoms with Gasteiger partial charge in [-0.05, 0) is 54.0 Å². The number of carbonyl (C=O) groups excluding carboxylic acids is 1. The number of hydrogen-bond donors (Lipinski definition) is 0. The van der Waals surface area contributed by atoms with E-state index in [1.165, 1.54) is 0 Å². The smallest absolute Gasteiger partial charge is 0.263 e. The Kier molecular flexibility index (Phi) is 5.79. The lowest BCUT2D eigenvalue weighted by Gasteiger charge is -2.14. The first kappa shape index (κ1) is 16.8. The molecule has 22 heavy (non-hydrogen) atoms. The molecule has 0 aliphatic heterocycles. The molecule has 0 aliphatic rings. The molecule has 0 aliphatic carbocycles. The third-order valence-corrected chi connectivity index (χ3v) is 4.67. The Bertz CT molecular complexity index is 678. The lowest BCUT2D eigenvalue weighted by molar-refractivity contribution is -0.135. The van der Waals surface area contributed by atoms with Gasteiger partial charge in [-0.15, -0.1) is 11.3 Å². The maximum absolute atomic E-state index is 12.0. The minimum atomic E-state index is -0.155. The lowest BCUT2D eigenvalue weighted by Crippen LogP contribution is -2.29. The Labute approximate surface area is 141 Å². The van der Waals surface area contributed by atoms with Crippen molar-refractivity contribution in [3.8, 4) is 0 Å². The highest BCUT2D eigenvalue weighted by atomic mass is 79.9. The summed E-state index contributed by atoms with van der Waals surface area (Å²) >= 11 is 4.96. The van der Waals surface area contributed by atoms with E-state index in [9.17, 15) is 4.79 Å². The van der Waals surface area contributed by atoms with Crippen LogP contribution in [0.3, 0.4) is 0 Å². The van der Waals surface area contributed by atoms with Crippen LogP contribution in [0, 0.1) is 6.92 Å². The molecule has 7 heteroatoms. The average Bonchev–Trinajstić information content (AvgIpc) is 3.07. The largest absolute Gasteiger partial charge is 0.464 e. The van der Waals surface area contributed by atoms with Crippen LogP contribution < -0.4 is 0 Å². The fourth-order valence-corrected chi connectivity index (χ4v) is 3.06. The monoisotopic (exact) mass is 384 g/mol. The third kappa shape index (κ3) is 4.71. The fraction of sp³-hybridized carbons (Fsp3) is 0.333. The zero-order valence-corrected chi connectivity index (χ0v) is 15.0. The fourth-order valence-electron chi connectivity index (χ4n) is 1.74. The van der Waals surface area contributed by atoms with Gasteiger partial charge in [-0.25, -0.2) is 0 Å². The van der Waals surface area contributed by atoms with Crippen molar-refractivity contribution in [2.75, 3.05) is 13.7 Å². The SMILES string of the molecule is CC(=NOCC(=O)N(C)Cc1ccc(C)o1)c1ccc(Br)s1. The summed E-state index contributed by atoms with van der Waals surface area (Å²) in [7, 11) is 1.70. The molecule has 2 rings (SSSR count). The van der Waals surface area contributed by atoms with Crippen molar-refractivity contribution in [1.82, 2.24) is 4.90 Å². The number of nitrogens with zero attached hydrogens (tertiary/aromatic N) is 2. The zero-order valence-electron chi connectivity index (χ0n) is 12.6. The van der Waals surface area contributed by atoms with E-state index in [2.05, 4.69) is 21.1 Å². The van der Waals surface area contributed by atoms with Gasteiger partial charge < -0.3 is 14.2 Å². The maximum Gasteiger partial charge on any atom is 0.263 e. The molecular weight excluding hydrogens is 368 g/mol. The molecule has 2 aromatic rings. The highest BCUT2D eigenvalue weighted by Crippen LogP contribution is 2.22. The molecule has 2 aromatic heterocycles. The summed E-state index contributed by atoms with van der Waals surface area (Å²) in [6.45, 7) is 4.03. The number of thiophene rings is 1. The Hall–Kier alpha value is -1.60. The molecule has 0 saturated carbocycles. The topological polar surface area (TPSA) is 55.0 Å². The van der Waals surface area contributed by atoms with Gasteiger partial charge in [-0.3, -0.25) is 4.79 Å². The van der Waals surface area contributed by atoms with E-state index in [-0.39, 0.29) is 12.5 Å². The van der Waals surface area contributed by atoms with Crippen molar-refractivity contribution < 1.29 is 14.0 Å². The van der Waals surface area contributed by atoms with Crippen LogP contribution in [0.4, 0.5) is 0 Å². The summed E-state index contributed by atoms with van der Waals surface area (Å²) in [5.74, 6) is 1.42. The van der Waals surface area contributed by atoms with E-state index >= 15 is 0 Å². The summed E-state index contributed by atoms with van der Waals surface area (Å²) in [5.41, 5.74) is 0.743. The lowest BCUT2D eigenvalue weighted by atomic mass is 10.3. The number of rotatable bonds is 6. The minimum Gasteiger partial charge on any atom is -0.464 e. The third-order valence-electron chi connectivity index (χ3n) is 2.93. The standard InChI is InChI=1S/C15H17BrN2O3S/c1-10-4-5-12(21-10)8-18(3)15(19)9-20-17-11(2)13-6-7-14(16)22-13/h4-7H,8-9H2,1-3H3. The number of likely N-dealkylation sites (N-methyl/N-ethyl adjacent to an activating group) is 1. The van der Waals surface area contributed by atoms with Gasteiger partial charge in [0.05, 0.1) is 20.9 Å². The van der Waals surface area contributed by atoms with Gasteiger partial charge in [0.25, 0.3) is 5.91 Å². The van der Waals surface area contributed by atoms with Crippen LogP contribution in [0.5, 0.6) is 0 Å². The molecule has 0 fully saturated rings. The first-order valence-electron chi connectivity index (χ1n) is 6.67. The normalized spacial score (nSPS) is 11.5. The zero-order chi connectivity index (χ0) is 16.1. The molecular formula is C15H17BrN2O3S. The number of oxime groups is 1. The van der Waals surface area contributed by atoms with E-state index in [4.69, 9.17) is 9.25 Å². The Morgan fingerprint density at radius 1 is 1.41 bits per heavy atom. The van der Waals surface area contributed by atoms with Gasteiger partial charge in [0.1, 0.15) is 11.5 Å². The number of amides is 1. The summed E-state index contributed by atoms with van der Waals surface area (Å²) in [4.78, 5) is 19.6. The van der Waals surface area contributed by atoms with Crippen molar-refractivity contribution in [3.63, 3.8) is 0 Å². The van der Waals surface area contributed by atoms with E-state index in [1.54, 1.807) is 23.3 Å². The Morgan fingerprint density at radius 3 is 2.77 bits per heavy atom. The van der Waals surface area contributed by atoms with E-state index in [0.29, 0.717) is 6.54 Å². The second-order valence-corrected chi connectivity index (χ2v) is 7.28. The number of furan rings is 1. The van der Waals surface area contributed by atoms with Gasteiger partial charge >= 0.3 is 0 Å². The molecule has 0 radical (unpaired) electrons. The Balaban J connectivity index is 1.81. The van der Waals surface area contributed by atoms with Gasteiger partial charge in [0.15, 0.2) is 6.61 Å².